The van der Waals surface area contributed by atoms with Crippen molar-refractivity contribution in [3.63, 3.8) is 0 Å². The quantitative estimate of drug-likeness (QED) is 0.477. The highest BCUT2D eigenvalue weighted by Crippen LogP contribution is 2.52. The van der Waals surface area contributed by atoms with Crippen molar-refractivity contribution in [1.29, 1.82) is 0 Å². The predicted octanol–water partition coefficient (Wildman–Crippen LogP) is 3.16. The summed E-state index contributed by atoms with van der Waals surface area (Å²) in [5.74, 6) is 3.80. The van der Waals surface area contributed by atoms with Gasteiger partial charge in [-0.1, -0.05) is 23.8 Å². The first kappa shape index (κ1) is 6.94. The molecular weight excluding hydrogens is 144 g/mol. The molecule has 1 fully saturated rings. The zero-order valence-electron chi connectivity index (χ0n) is 7.66. The maximum atomic E-state index is 2.56. The number of rotatable bonds is 0. The van der Waals surface area contributed by atoms with Gasteiger partial charge in [0.05, 0.1) is 0 Å². The van der Waals surface area contributed by atoms with Crippen LogP contribution in [0.25, 0.3) is 0 Å². The van der Waals surface area contributed by atoms with Gasteiger partial charge < -0.3 is 0 Å². The van der Waals surface area contributed by atoms with Gasteiger partial charge in [-0.15, -0.1) is 0 Å². The van der Waals surface area contributed by atoms with Crippen molar-refractivity contribution < 1.29 is 0 Å². The molecule has 0 aromatic carbocycles. The molecule has 0 aromatic heterocycles. The molecule has 0 amide bonds. The summed E-state index contributed by atoms with van der Waals surface area (Å²) in [4.78, 5) is 0. The average molecular weight is 160 g/mol. The molecule has 1 saturated carbocycles. The molecule has 0 heteroatoms. The van der Waals surface area contributed by atoms with Crippen LogP contribution in [0.4, 0.5) is 0 Å². The molecule has 4 unspecified atom stereocenters. The third kappa shape index (κ3) is 0.784. The van der Waals surface area contributed by atoms with Gasteiger partial charge in [0.15, 0.2) is 0 Å². The lowest BCUT2D eigenvalue weighted by Gasteiger charge is -2.30. The van der Waals surface area contributed by atoms with E-state index in [0.29, 0.717) is 0 Å². The normalized spacial score (nSPS) is 49.2. The first-order valence-corrected chi connectivity index (χ1v) is 5.20. The topological polar surface area (TPSA) is 0 Å². The second kappa shape index (κ2) is 2.25. The van der Waals surface area contributed by atoms with Crippen molar-refractivity contribution in [2.24, 2.45) is 23.7 Å². The van der Waals surface area contributed by atoms with Gasteiger partial charge in [0.1, 0.15) is 0 Å². The standard InChI is InChI=1S/C12H16/c1-8-2-5-11-9-3-4-10(7-9)12(11)6-8/h3-4,6,9-12H,2,5,7H2,1H3. The summed E-state index contributed by atoms with van der Waals surface area (Å²) in [5.41, 5.74) is 1.64. The van der Waals surface area contributed by atoms with Crippen LogP contribution in [0.2, 0.25) is 0 Å². The van der Waals surface area contributed by atoms with E-state index in [1.807, 2.05) is 0 Å². The van der Waals surface area contributed by atoms with E-state index >= 15 is 0 Å². The molecule has 12 heavy (non-hydrogen) atoms. The maximum Gasteiger partial charge on any atom is -0.0134 e. The number of hydrogen-bond acceptors (Lipinski definition) is 0. The van der Waals surface area contributed by atoms with Crippen LogP contribution in [0.3, 0.4) is 0 Å². The minimum Gasteiger partial charge on any atom is -0.0848 e. The molecular formula is C12H16. The summed E-state index contributed by atoms with van der Waals surface area (Å²) in [5, 5.41) is 0. The largest absolute Gasteiger partial charge is 0.0848 e. The fourth-order valence-corrected chi connectivity index (χ4v) is 3.42. The highest BCUT2D eigenvalue weighted by Gasteiger charge is 2.43. The van der Waals surface area contributed by atoms with Crippen molar-refractivity contribution >= 4 is 0 Å². The van der Waals surface area contributed by atoms with Crippen molar-refractivity contribution in [1.82, 2.24) is 0 Å². The predicted molar refractivity (Wildman–Crippen MR) is 50.7 cm³/mol. The van der Waals surface area contributed by atoms with Gasteiger partial charge >= 0.3 is 0 Å². The number of allylic oxidation sites excluding steroid dienone is 4. The minimum absolute atomic E-state index is 0.912. The van der Waals surface area contributed by atoms with E-state index in [1.54, 1.807) is 5.57 Å². The van der Waals surface area contributed by atoms with Crippen LogP contribution in [-0.2, 0) is 0 Å². The molecule has 0 heterocycles. The Morgan fingerprint density at radius 2 is 2.08 bits per heavy atom. The van der Waals surface area contributed by atoms with E-state index < -0.39 is 0 Å². The Balaban J connectivity index is 1.97. The lowest BCUT2D eigenvalue weighted by molar-refractivity contribution is 0.327. The van der Waals surface area contributed by atoms with Gasteiger partial charge in [0.2, 0.25) is 0 Å². The Bertz CT molecular complexity index is 259. The molecule has 64 valence electrons. The molecule has 0 saturated heterocycles. The third-order valence-corrected chi connectivity index (χ3v) is 4.04. The van der Waals surface area contributed by atoms with Gasteiger partial charge in [-0.2, -0.15) is 0 Å². The van der Waals surface area contributed by atoms with Gasteiger partial charge in [-0.3, -0.25) is 0 Å². The summed E-state index contributed by atoms with van der Waals surface area (Å²) < 4.78 is 0. The zero-order valence-corrected chi connectivity index (χ0v) is 7.66. The van der Waals surface area contributed by atoms with Crippen LogP contribution in [0.1, 0.15) is 26.2 Å². The molecule has 0 aliphatic heterocycles. The molecule has 0 N–H and O–H groups in total. The summed E-state index contributed by atoms with van der Waals surface area (Å²) in [6.45, 7) is 2.30. The molecule has 2 bridgehead atoms. The van der Waals surface area contributed by atoms with Gasteiger partial charge in [0, 0.05) is 0 Å². The van der Waals surface area contributed by atoms with Crippen LogP contribution in [0, 0.1) is 23.7 Å². The number of hydrogen-bond donors (Lipinski definition) is 0. The van der Waals surface area contributed by atoms with Crippen LogP contribution >= 0.6 is 0 Å². The zero-order chi connectivity index (χ0) is 8.13. The summed E-state index contributed by atoms with van der Waals surface area (Å²) in [6, 6.07) is 0. The molecule has 0 radical (unpaired) electrons. The second-order valence-electron chi connectivity index (χ2n) is 4.74. The Morgan fingerprint density at radius 1 is 1.25 bits per heavy atom. The van der Waals surface area contributed by atoms with E-state index in [-0.39, 0.29) is 0 Å². The number of fused-ring (bicyclic) bond motifs is 5. The van der Waals surface area contributed by atoms with E-state index in [2.05, 4.69) is 25.2 Å². The van der Waals surface area contributed by atoms with Gasteiger partial charge in [-0.25, -0.2) is 0 Å². The van der Waals surface area contributed by atoms with E-state index in [4.69, 9.17) is 0 Å². The lowest BCUT2D eigenvalue weighted by Crippen LogP contribution is -2.21. The van der Waals surface area contributed by atoms with Crippen LogP contribution in [0.5, 0.6) is 0 Å². The summed E-state index contributed by atoms with van der Waals surface area (Å²) >= 11 is 0. The van der Waals surface area contributed by atoms with Crippen molar-refractivity contribution in [3.05, 3.63) is 23.8 Å². The highest BCUT2D eigenvalue weighted by molar-refractivity contribution is 5.22. The average Bonchev–Trinajstić information content (AvgIpc) is 2.63. The smallest absolute Gasteiger partial charge is 0.0134 e. The van der Waals surface area contributed by atoms with E-state index in [9.17, 15) is 0 Å². The van der Waals surface area contributed by atoms with Crippen LogP contribution < -0.4 is 0 Å². The maximum absolute atomic E-state index is 2.56. The van der Waals surface area contributed by atoms with E-state index in [0.717, 1.165) is 23.7 Å². The Morgan fingerprint density at radius 3 is 3.00 bits per heavy atom. The van der Waals surface area contributed by atoms with Crippen LogP contribution in [-0.4, -0.2) is 0 Å². The summed E-state index contributed by atoms with van der Waals surface area (Å²) in [7, 11) is 0. The SMILES string of the molecule is CC1=CC2C3C=CC(C3)C2CC1. The Hall–Kier alpha value is -0.520. The highest BCUT2D eigenvalue weighted by atomic mass is 14.5. The molecule has 4 atom stereocenters. The summed E-state index contributed by atoms with van der Waals surface area (Å²) in [6.07, 6.45) is 11.8. The minimum atomic E-state index is 0.912. The fraction of sp³-hybridized carbons (Fsp3) is 0.667. The van der Waals surface area contributed by atoms with Crippen LogP contribution in [0.15, 0.2) is 23.8 Å². The van der Waals surface area contributed by atoms with Crippen molar-refractivity contribution in [2.75, 3.05) is 0 Å². The Kier molecular flexibility index (Phi) is 1.30. The van der Waals surface area contributed by atoms with Gasteiger partial charge in [-0.05, 0) is 49.9 Å². The molecule has 0 aromatic rings. The molecule has 3 rings (SSSR count). The molecule has 3 aliphatic carbocycles. The van der Waals surface area contributed by atoms with Crippen molar-refractivity contribution in [3.8, 4) is 0 Å². The molecule has 0 nitrogen and oxygen atoms in total. The monoisotopic (exact) mass is 160 g/mol. The van der Waals surface area contributed by atoms with Gasteiger partial charge in [0.25, 0.3) is 0 Å². The third-order valence-electron chi connectivity index (χ3n) is 4.04. The first-order chi connectivity index (χ1) is 5.84. The van der Waals surface area contributed by atoms with E-state index in [1.165, 1.54) is 19.3 Å². The second-order valence-corrected chi connectivity index (χ2v) is 4.74. The molecule has 3 aliphatic rings. The lowest BCUT2D eigenvalue weighted by atomic mass is 9.75. The Labute approximate surface area is 74.4 Å². The van der Waals surface area contributed by atoms with Crippen molar-refractivity contribution in [2.45, 2.75) is 26.2 Å². The first-order valence-electron chi connectivity index (χ1n) is 5.20. The fourth-order valence-electron chi connectivity index (χ4n) is 3.42. The molecule has 0 spiro atoms.